The van der Waals surface area contributed by atoms with Crippen LogP contribution >= 0.6 is 0 Å². The molecule has 120 valence electrons. The van der Waals surface area contributed by atoms with Crippen LogP contribution in [0.2, 0.25) is 0 Å². The van der Waals surface area contributed by atoms with Gasteiger partial charge in [0.15, 0.2) is 11.5 Å². The van der Waals surface area contributed by atoms with Crippen molar-refractivity contribution in [2.75, 3.05) is 11.5 Å². The monoisotopic (exact) mass is 338 g/mol. The number of hydrogen-bond acceptors (Lipinski definition) is 6. The Kier molecular flexibility index (Phi) is 3.57. The van der Waals surface area contributed by atoms with Gasteiger partial charge in [-0.3, -0.25) is 4.72 Å². The SMILES string of the molecule is O=C([O-])c1cc(S(=O)(=O)Nc2ccc3c(c2)OCO3)ccc1F. The fraction of sp³-hybridized carbons (Fsp3) is 0.0714. The summed E-state index contributed by atoms with van der Waals surface area (Å²) in [6.07, 6.45) is 0. The summed E-state index contributed by atoms with van der Waals surface area (Å²) in [5, 5.41) is 10.8. The quantitative estimate of drug-likeness (QED) is 0.881. The smallest absolute Gasteiger partial charge is 0.261 e. The summed E-state index contributed by atoms with van der Waals surface area (Å²) in [4.78, 5) is 10.4. The van der Waals surface area contributed by atoms with E-state index in [1.807, 2.05) is 0 Å². The molecule has 1 heterocycles. The molecule has 2 aromatic rings. The number of halogens is 1. The van der Waals surface area contributed by atoms with Crippen LogP contribution < -0.4 is 19.3 Å². The number of carboxylic acid groups (broad SMARTS) is 1. The predicted molar refractivity (Wildman–Crippen MR) is 74.1 cm³/mol. The van der Waals surface area contributed by atoms with E-state index in [1.165, 1.54) is 18.2 Å². The van der Waals surface area contributed by atoms with Crippen molar-refractivity contribution in [3.05, 3.63) is 47.8 Å². The number of anilines is 1. The second-order valence-electron chi connectivity index (χ2n) is 4.60. The van der Waals surface area contributed by atoms with Gasteiger partial charge in [-0.1, -0.05) is 0 Å². The van der Waals surface area contributed by atoms with Crippen LogP contribution in [0.15, 0.2) is 41.3 Å². The molecule has 9 heteroatoms. The molecule has 0 atom stereocenters. The van der Waals surface area contributed by atoms with Gasteiger partial charge in [-0.05, 0) is 30.3 Å². The molecule has 0 unspecified atom stereocenters. The van der Waals surface area contributed by atoms with E-state index < -0.39 is 32.3 Å². The summed E-state index contributed by atoms with van der Waals surface area (Å²) in [6, 6.07) is 6.80. The lowest BCUT2D eigenvalue weighted by Crippen LogP contribution is -2.24. The fourth-order valence-corrected chi connectivity index (χ4v) is 3.08. The molecule has 0 saturated heterocycles. The number of nitrogens with one attached hydrogen (secondary N) is 1. The Hall–Kier alpha value is -2.81. The number of rotatable bonds is 4. The first-order valence-corrected chi connectivity index (χ1v) is 7.78. The third-order valence-electron chi connectivity index (χ3n) is 3.09. The van der Waals surface area contributed by atoms with Crippen LogP contribution in [0.25, 0.3) is 0 Å². The molecule has 1 aliphatic rings. The number of carbonyl (C=O) groups is 1. The minimum Gasteiger partial charge on any atom is -0.545 e. The zero-order valence-electron chi connectivity index (χ0n) is 11.4. The average Bonchev–Trinajstić information content (AvgIpc) is 2.94. The summed E-state index contributed by atoms with van der Waals surface area (Å²) in [7, 11) is -4.11. The van der Waals surface area contributed by atoms with Gasteiger partial charge in [0.2, 0.25) is 6.79 Å². The van der Waals surface area contributed by atoms with Crippen molar-refractivity contribution in [1.82, 2.24) is 0 Å². The van der Waals surface area contributed by atoms with Crippen molar-refractivity contribution < 1.29 is 32.2 Å². The summed E-state index contributed by atoms with van der Waals surface area (Å²) in [5.41, 5.74) is -0.646. The van der Waals surface area contributed by atoms with Crippen LogP contribution in [0.1, 0.15) is 10.4 Å². The van der Waals surface area contributed by atoms with Gasteiger partial charge in [0.1, 0.15) is 5.82 Å². The lowest BCUT2D eigenvalue weighted by molar-refractivity contribution is -0.255. The molecule has 3 rings (SSSR count). The number of carbonyl (C=O) groups excluding carboxylic acids is 1. The topological polar surface area (TPSA) is 105 Å². The fourth-order valence-electron chi connectivity index (χ4n) is 2.00. The van der Waals surface area contributed by atoms with E-state index in [0.29, 0.717) is 17.6 Å². The Morgan fingerprint density at radius 2 is 1.87 bits per heavy atom. The first-order valence-electron chi connectivity index (χ1n) is 6.30. The van der Waals surface area contributed by atoms with Gasteiger partial charge in [-0.2, -0.15) is 0 Å². The van der Waals surface area contributed by atoms with Gasteiger partial charge in [-0.15, -0.1) is 0 Å². The first kappa shape index (κ1) is 15.1. The molecule has 7 nitrogen and oxygen atoms in total. The Morgan fingerprint density at radius 1 is 1.13 bits per heavy atom. The molecule has 23 heavy (non-hydrogen) atoms. The summed E-state index contributed by atoms with van der Waals surface area (Å²) in [6.45, 7) is 0.0401. The zero-order chi connectivity index (χ0) is 16.6. The van der Waals surface area contributed by atoms with Crippen molar-refractivity contribution in [1.29, 1.82) is 0 Å². The second kappa shape index (κ2) is 5.43. The highest BCUT2D eigenvalue weighted by molar-refractivity contribution is 7.92. The molecular formula is C14H9FNO6S-. The number of sulfonamides is 1. The molecule has 1 aliphatic heterocycles. The lowest BCUT2D eigenvalue weighted by Gasteiger charge is -2.11. The lowest BCUT2D eigenvalue weighted by atomic mass is 10.2. The molecule has 0 amide bonds. The van der Waals surface area contributed by atoms with Gasteiger partial charge in [0.25, 0.3) is 10.0 Å². The van der Waals surface area contributed by atoms with E-state index in [1.54, 1.807) is 0 Å². The molecule has 0 bridgehead atoms. The van der Waals surface area contributed by atoms with Crippen molar-refractivity contribution in [3.8, 4) is 11.5 Å². The Morgan fingerprint density at radius 3 is 2.61 bits per heavy atom. The highest BCUT2D eigenvalue weighted by Crippen LogP contribution is 2.34. The Bertz CT molecular complexity index is 896. The second-order valence-corrected chi connectivity index (χ2v) is 6.29. The van der Waals surface area contributed by atoms with Gasteiger partial charge in [0, 0.05) is 11.6 Å². The molecule has 1 N–H and O–H groups in total. The number of benzene rings is 2. The Balaban J connectivity index is 1.93. The van der Waals surface area contributed by atoms with Crippen LogP contribution in [-0.4, -0.2) is 21.2 Å². The van der Waals surface area contributed by atoms with Crippen molar-refractivity contribution >= 4 is 21.7 Å². The number of fused-ring (bicyclic) bond motifs is 1. The van der Waals surface area contributed by atoms with Crippen molar-refractivity contribution in [3.63, 3.8) is 0 Å². The molecule has 0 radical (unpaired) electrons. The minimum atomic E-state index is -4.11. The van der Waals surface area contributed by atoms with Crippen molar-refractivity contribution in [2.45, 2.75) is 4.90 Å². The minimum absolute atomic E-state index is 0.0401. The van der Waals surface area contributed by atoms with Crippen LogP contribution in [0, 0.1) is 5.82 Å². The third kappa shape index (κ3) is 2.90. The van der Waals surface area contributed by atoms with Crippen LogP contribution in [0.5, 0.6) is 11.5 Å². The standard InChI is InChI=1S/C14H10FNO6S/c15-11-3-2-9(6-10(11)14(17)18)23(19,20)16-8-1-4-12-13(5-8)22-7-21-12/h1-6,16H,7H2,(H,17,18)/p-1. The molecule has 0 fully saturated rings. The van der Waals surface area contributed by atoms with Crippen molar-refractivity contribution in [2.24, 2.45) is 0 Å². The number of aromatic carboxylic acids is 1. The molecular weight excluding hydrogens is 329 g/mol. The van der Waals surface area contributed by atoms with E-state index in [-0.39, 0.29) is 12.5 Å². The maximum absolute atomic E-state index is 13.3. The van der Waals surface area contributed by atoms with Crippen LogP contribution in [0.3, 0.4) is 0 Å². The maximum Gasteiger partial charge on any atom is 0.261 e. The molecule has 0 spiro atoms. The molecule has 2 aromatic carbocycles. The van der Waals surface area contributed by atoms with Gasteiger partial charge >= 0.3 is 0 Å². The van der Waals surface area contributed by atoms with E-state index in [0.717, 1.165) is 12.1 Å². The Labute approximate surface area is 130 Å². The maximum atomic E-state index is 13.3. The third-order valence-corrected chi connectivity index (χ3v) is 4.47. The van der Waals surface area contributed by atoms with Crippen LogP contribution in [0.4, 0.5) is 10.1 Å². The normalized spacial score (nSPS) is 12.9. The average molecular weight is 338 g/mol. The number of hydrogen-bond donors (Lipinski definition) is 1. The van der Waals surface area contributed by atoms with Gasteiger partial charge in [0.05, 0.1) is 16.6 Å². The molecule has 0 saturated carbocycles. The highest BCUT2D eigenvalue weighted by Gasteiger charge is 2.19. The zero-order valence-corrected chi connectivity index (χ0v) is 12.2. The van der Waals surface area contributed by atoms with Crippen LogP contribution in [-0.2, 0) is 10.0 Å². The summed E-state index contributed by atoms with van der Waals surface area (Å²) < 4.78 is 50.4. The largest absolute Gasteiger partial charge is 0.545 e. The van der Waals surface area contributed by atoms with E-state index >= 15 is 0 Å². The number of carboxylic acids is 1. The van der Waals surface area contributed by atoms with E-state index in [9.17, 15) is 22.7 Å². The van der Waals surface area contributed by atoms with E-state index in [2.05, 4.69) is 4.72 Å². The van der Waals surface area contributed by atoms with E-state index in [4.69, 9.17) is 9.47 Å². The highest BCUT2D eigenvalue weighted by atomic mass is 32.2. The molecule has 0 aromatic heterocycles. The van der Waals surface area contributed by atoms with Gasteiger partial charge < -0.3 is 19.4 Å². The van der Waals surface area contributed by atoms with Gasteiger partial charge in [-0.25, -0.2) is 12.8 Å². The first-order chi connectivity index (χ1) is 10.9. The number of ether oxygens (including phenoxy) is 2. The summed E-state index contributed by atoms with van der Waals surface area (Å²) >= 11 is 0. The molecule has 0 aliphatic carbocycles. The predicted octanol–water partition coefficient (Wildman–Crippen LogP) is 0.719. The summed E-state index contributed by atoms with van der Waals surface area (Å²) in [5.74, 6) is -2.02.